The van der Waals surface area contributed by atoms with Crippen LogP contribution < -0.4 is 5.32 Å². The summed E-state index contributed by atoms with van der Waals surface area (Å²) in [4.78, 5) is 12.9. The Morgan fingerprint density at radius 1 is 0.723 bits per heavy atom. The number of fused-ring (bicyclic) bond motifs is 3. The summed E-state index contributed by atoms with van der Waals surface area (Å²) in [6.45, 7) is 4.66. The first kappa shape index (κ1) is 29.3. The van der Waals surface area contributed by atoms with Crippen molar-refractivity contribution in [3.63, 3.8) is 0 Å². The van der Waals surface area contributed by atoms with E-state index in [1.807, 2.05) is 12.1 Å². The monoisotopic (exact) mass is 612 g/mol. The third-order valence-electron chi connectivity index (χ3n) is 10.3. The SMILES string of the molecule is CC1CC=C(C2=CC(c3cc4ccccc4c4ccccc34)CC(C3=NC(c4ccccc4)N=C(c4ccccc4)N3)=C2)C(C)N1C. The Balaban J connectivity index is 1.28. The Labute approximate surface area is 277 Å². The second kappa shape index (κ2) is 12.3. The van der Waals surface area contributed by atoms with E-state index >= 15 is 0 Å². The molecule has 0 saturated heterocycles. The molecule has 0 radical (unpaired) electrons. The lowest BCUT2D eigenvalue weighted by molar-refractivity contribution is 0.208. The largest absolute Gasteiger partial charge is 0.325 e. The highest BCUT2D eigenvalue weighted by Crippen LogP contribution is 2.42. The van der Waals surface area contributed by atoms with E-state index in [2.05, 4.69) is 152 Å². The first-order valence-corrected chi connectivity index (χ1v) is 16.8. The average Bonchev–Trinajstić information content (AvgIpc) is 3.14. The molecular formula is C43H40N4. The maximum atomic E-state index is 5.31. The van der Waals surface area contributed by atoms with Crippen LogP contribution in [0.25, 0.3) is 21.5 Å². The molecule has 0 aromatic heterocycles. The quantitative estimate of drug-likeness (QED) is 0.201. The van der Waals surface area contributed by atoms with Crippen molar-refractivity contribution in [1.82, 2.24) is 10.2 Å². The molecule has 4 unspecified atom stereocenters. The third-order valence-corrected chi connectivity index (χ3v) is 10.3. The van der Waals surface area contributed by atoms with E-state index in [1.165, 1.54) is 43.8 Å². The van der Waals surface area contributed by atoms with E-state index in [-0.39, 0.29) is 12.1 Å². The van der Waals surface area contributed by atoms with Crippen molar-refractivity contribution in [2.24, 2.45) is 9.98 Å². The Bertz CT molecular complexity index is 2120. The fourth-order valence-electron chi connectivity index (χ4n) is 7.47. The van der Waals surface area contributed by atoms with Crippen LogP contribution in [0.5, 0.6) is 0 Å². The van der Waals surface area contributed by atoms with Gasteiger partial charge in [0.05, 0.1) is 0 Å². The number of allylic oxidation sites excluding steroid dienone is 2. The van der Waals surface area contributed by atoms with Crippen molar-refractivity contribution in [2.45, 2.75) is 50.9 Å². The molecule has 4 atom stereocenters. The van der Waals surface area contributed by atoms with Gasteiger partial charge in [-0.25, -0.2) is 9.98 Å². The number of nitrogens with one attached hydrogen (secondary N) is 1. The van der Waals surface area contributed by atoms with Gasteiger partial charge in [-0.15, -0.1) is 0 Å². The minimum atomic E-state index is -0.322. The highest BCUT2D eigenvalue weighted by atomic mass is 15.2. The van der Waals surface area contributed by atoms with Gasteiger partial charge in [-0.1, -0.05) is 121 Å². The van der Waals surface area contributed by atoms with Crippen LogP contribution in [0.15, 0.2) is 160 Å². The molecule has 2 aliphatic heterocycles. The van der Waals surface area contributed by atoms with Crippen LogP contribution in [0.3, 0.4) is 0 Å². The molecule has 4 nitrogen and oxygen atoms in total. The van der Waals surface area contributed by atoms with Crippen molar-refractivity contribution >= 4 is 33.2 Å². The second-order valence-electron chi connectivity index (χ2n) is 13.2. The zero-order chi connectivity index (χ0) is 31.9. The molecule has 232 valence electrons. The number of likely N-dealkylation sites (N-methyl/N-ethyl adjacent to an activating group) is 1. The number of aliphatic imine (C=N–C) groups is 2. The van der Waals surface area contributed by atoms with Crippen molar-refractivity contribution in [1.29, 1.82) is 0 Å². The Morgan fingerprint density at radius 3 is 2.17 bits per heavy atom. The Kier molecular flexibility index (Phi) is 7.67. The lowest BCUT2D eigenvalue weighted by Crippen LogP contribution is -2.41. The zero-order valence-electron chi connectivity index (χ0n) is 27.3. The molecule has 0 bridgehead atoms. The fourth-order valence-corrected chi connectivity index (χ4v) is 7.47. The summed E-state index contributed by atoms with van der Waals surface area (Å²) in [7, 11) is 2.25. The van der Waals surface area contributed by atoms with E-state index in [4.69, 9.17) is 9.98 Å². The normalized spacial score (nSPS) is 23.3. The predicted octanol–water partition coefficient (Wildman–Crippen LogP) is 9.52. The summed E-state index contributed by atoms with van der Waals surface area (Å²) in [6.07, 6.45) is 8.95. The summed E-state index contributed by atoms with van der Waals surface area (Å²) in [5.74, 6) is 1.93. The van der Waals surface area contributed by atoms with E-state index in [0.717, 1.165) is 35.6 Å². The molecule has 47 heavy (non-hydrogen) atoms. The summed E-state index contributed by atoms with van der Waals surface area (Å²) in [5.41, 5.74) is 7.41. The molecule has 0 spiro atoms. The second-order valence-corrected chi connectivity index (χ2v) is 13.2. The lowest BCUT2D eigenvalue weighted by atomic mass is 9.78. The van der Waals surface area contributed by atoms with Crippen LogP contribution in [0.1, 0.15) is 55.5 Å². The van der Waals surface area contributed by atoms with Gasteiger partial charge in [-0.2, -0.15) is 0 Å². The van der Waals surface area contributed by atoms with Crippen LogP contribution in [-0.4, -0.2) is 35.7 Å². The first-order valence-electron chi connectivity index (χ1n) is 16.8. The molecule has 0 amide bonds. The maximum absolute atomic E-state index is 5.31. The van der Waals surface area contributed by atoms with Crippen LogP contribution in [0.2, 0.25) is 0 Å². The molecule has 2 heterocycles. The molecule has 8 rings (SSSR count). The average molecular weight is 613 g/mol. The van der Waals surface area contributed by atoms with Gasteiger partial charge in [0.2, 0.25) is 0 Å². The number of amidine groups is 2. The summed E-state index contributed by atoms with van der Waals surface area (Å²) in [6, 6.07) is 41.8. The minimum Gasteiger partial charge on any atom is -0.325 e. The van der Waals surface area contributed by atoms with Gasteiger partial charge in [0, 0.05) is 23.6 Å². The number of benzene rings is 5. The van der Waals surface area contributed by atoms with Gasteiger partial charge in [-0.3, -0.25) is 4.90 Å². The summed E-state index contributed by atoms with van der Waals surface area (Å²) in [5, 5.41) is 8.91. The molecular weight excluding hydrogens is 573 g/mol. The van der Waals surface area contributed by atoms with Crippen molar-refractivity contribution < 1.29 is 0 Å². The van der Waals surface area contributed by atoms with E-state index in [0.29, 0.717) is 12.1 Å². The smallest absolute Gasteiger partial charge is 0.169 e. The zero-order valence-corrected chi connectivity index (χ0v) is 27.3. The number of rotatable bonds is 5. The van der Waals surface area contributed by atoms with Gasteiger partial charge in [0.15, 0.2) is 6.17 Å². The van der Waals surface area contributed by atoms with E-state index < -0.39 is 0 Å². The standard InChI is InChI=1S/C43H40N4/c1-28-22-23-36(29(2)47(28)3)33-24-34(40-27-32-18-10-11-19-37(32)38-20-12-13-21-39(38)40)26-35(25-33)43-45-41(30-14-6-4-7-15-30)44-42(46-43)31-16-8-5-9-17-31/h4-21,23-25,27-29,34,41H,22,26H2,1-3H3,(H,44,45,46). The van der Waals surface area contributed by atoms with E-state index in [1.54, 1.807) is 0 Å². The molecule has 4 heteroatoms. The summed E-state index contributed by atoms with van der Waals surface area (Å²) >= 11 is 0. The van der Waals surface area contributed by atoms with Crippen molar-refractivity contribution in [3.05, 3.63) is 167 Å². The number of hydrogen-bond acceptors (Lipinski definition) is 4. The van der Waals surface area contributed by atoms with Crippen LogP contribution >= 0.6 is 0 Å². The molecule has 0 fully saturated rings. The highest BCUT2D eigenvalue weighted by Gasteiger charge is 2.31. The van der Waals surface area contributed by atoms with Gasteiger partial charge < -0.3 is 5.32 Å². The van der Waals surface area contributed by atoms with Crippen molar-refractivity contribution in [3.8, 4) is 0 Å². The molecule has 5 aromatic carbocycles. The van der Waals surface area contributed by atoms with Gasteiger partial charge in [0.25, 0.3) is 0 Å². The molecule has 0 saturated carbocycles. The van der Waals surface area contributed by atoms with E-state index in [9.17, 15) is 0 Å². The molecule has 1 N–H and O–H groups in total. The molecule has 5 aromatic rings. The molecule has 3 aliphatic rings. The lowest BCUT2D eigenvalue weighted by Gasteiger charge is -2.38. The number of hydrogen-bond donors (Lipinski definition) is 1. The highest BCUT2D eigenvalue weighted by molar-refractivity contribution is 6.16. The predicted molar refractivity (Wildman–Crippen MR) is 197 cm³/mol. The van der Waals surface area contributed by atoms with Gasteiger partial charge >= 0.3 is 0 Å². The minimum absolute atomic E-state index is 0.177. The van der Waals surface area contributed by atoms with Crippen molar-refractivity contribution in [2.75, 3.05) is 7.05 Å². The maximum Gasteiger partial charge on any atom is 0.169 e. The molecule has 1 aliphatic carbocycles. The van der Waals surface area contributed by atoms with Crippen LogP contribution in [0.4, 0.5) is 0 Å². The van der Waals surface area contributed by atoms with Gasteiger partial charge in [-0.05, 0) is 95.3 Å². The fraction of sp³-hybridized carbons (Fsp3) is 0.209. The van der Waals surface area contributed by atoms with Crippen LogP contribution in [-0.2, 0) is 0 Å². The van der Waals surface area contributed by atoms with Crippen LogP contribution in [0, 0.1) is 0 Å². The number of nitrogens with zero attached hydrogens (tertiary/aromatic N) is 3. The summed E-state index contributed by atoms with van der Waals surface area (Å²) < 4.78 is 0. The Morgan fingerprint density at radius 2 is 1.38 bits per heavy atom. The van der Waals surface area contributed by atoms with Gasteiger partial charge in [0.1, 0.15) is 11.7 Å². The Hall–Kier alpha value is -5.06. The third kappa shape index (κ3) is 5.53. The first-order chi connectivity index (χ1) is 23.0. The topological polar surface area (TPSA) is 40.0 Å².